The molecule has 0 saturated carbocycles. The van der Waals surface area contributed by atoms with Gasteiger partial charge in [0, 0.05) is 18.8 Å². The molecule has 0 fully saturated rings. The predicted molar refractivity (Wildman–Crippen MR) is 68.8 cm³/mol. The van der Waals surface area contributed by atoms with Crippen molar-refractivity contribution >= 4 is 11.4 Å². The van der Waals surface area contributed by atoms with Gasteiger partial charge in [0.05, 0.1) is 17.1 Å². The molecule has 0 radical (unpaired) electrons. The molecule has 0 bridgehead atoms. The molecule has 17 heavy (non-hydrogen) atoms. The summed E-state index contributed by atoms with van der Waals surface area (Å²) in [7, 11) is 0. The standard InChI is InChI=1S/C13H16N4/c1-8-13(9(2)16-15-8)17-6-10-4-3-5-12(14)11(10)7-17/h3-5H,6-7,14H2,1-2H3,(H,15,16). The van der Waals surface area contributed by atoms with Gasteiger partial charge in [-0.3, -0.25) is 5.10 Å². The van der Waals surface area contributed by atoms with Gasteiger partial charge in [0.1, 0.15) is 0 Å². The summed E-state index contributed by atoms with van der Waals surface area (Å²) in [6.45, 7) is 5.89. The minimum Gasteiger partial charge on any atom is -0.398 e. The van der Waals surface area contributed by atoms with Gasteiger partial charge in [-0.05, 0) is 31.0 Å². The second-order valence-electron chi connectivity index (χ2n) is 4.62. The van der Waals surface area contributed by atoms with E-state index in [4.69, 9.17) is 5.73 Å². The van der Waals surface area contributed by atoms with E-state index < -0.39 is 0 Å². The van der Waals surface area contributed by atoms with Crippen LogP contribution in [0.1, 0.15) is 22.5 Å². The predicted octanol–water partition coefficient (Wildman–Crippen LogP) is 2.13. The van der Waals surface area contributed by atoms with Crippen molar-refractivity contribution in [2.45, 2.75) is 26.9 Å². The van der Waals surface area contributed by atoms with Crippen molar-refractivity contribution in [2.75, 3.05) is 10.6 Å². The lowest BCUT2D eigenvalue weighted by atomic mass is 10.1. The summed E-state index contributed by atoms with van der Waals surface area (Å²) >= 11 is 0. The molecule has 1 aromatic carbocycles. The maximum absolute atomic E-state index is 6.01. The Morgan fingerprint density at radius 1 is 1.29 bits per heavy atom. The van der Waals surface area contributed by atoms with E-state index in [-0.39, 0.29) is 0 Å². The van der Waals surface area contributed by atoms with Crippen molar-refractivity contribution in [1.29, 1.82) is 0 Å². The van der Waals surface area contributed by atoms with Crippen LogP contribution in [-0.2, 0) is 13.1 Å². The molecule has 3 N–H and O–H groups in total. The van der Waals surface area contributed by atoms with Gasteiger partial charge in [-0.1, -0.05) is 12.1 Å². The van der Waals surface area contributed by atoms with Crippen molar-refractivity contribution in [3.05, 3.63) is 40.7 Å². The number of benzene rings is 1. The number of hydrogen-bond acceptors (Lipinski definition) is 3. The molecular weight excluding hydrogens is 212 g/mol. The van der Waals surface area contributed by atoms with Crippen LogP contribution >= 0.6 is 0 Å². The summed E-state index contributed by atoms with van der Waals surface area (Å²) in [5, 5.41) is 7.28. The third-order valence-electron chi connectivity index (χ3n) is 3.42. The number of aromatic nitrogens is 2. The smallest absolute Gasteiger partial charge is 0.0827 e. The maximum Gasteiger partial charge on any atom is 0.0827 e. The van der Waals surface area contributed by atoms with Crippen LogP contribution in [0.25, 0.3) is 0 Å². The number of nitrogens with zero attached hydrogens (tertiary/aromatic N) is 2. The van der Waals surface area contributed by atoms with Crippen LogP contribution < -0.4 is 10.6 Å². The van der Waals surface area contributed by atoms with E-state index in [2.05, 4.69) is 28.1 Å². The van der Waals surface area contributed by atoms with Crippen molar-refractivity contribution in [3.8, 4) is 0 Å². The first kappa shape index (κ1) is 10.2. The fourth-order valence-corrected chi connectivity index (χ4v) is 2.62. The highest BCUT2D eigenvalue weighted by Gasteiger charge is 2.24. The SMILES string of the molecule is Cc1n[nH]c(C)c1N1Cc2cccc(N)c2C1. The van der Waals surface area contributed by atoms with E-state index in [9.17, 15) is 0 Å². The summed E-state index contributed by atoms with van der Waals surface area (Å²) in [6, 6.07) is 6.14. The van der Waals surface area contributed by atoms with Gasteiger partial charge < -0.3 is 10.6 Å². The van der Waals surface area contributed by atoms with Crippen LogP contribution in [0.3, 0.4) is 0 Å². The lowest BCUT2D eigenvalue weighted by Crippen LogP contribution is -2.16. The molecule has 1 aliphatic rings. The number of anilines is 2. The monoisotopic (exact) mass is 228 g/mol. The molecule has 3 rings (SSSR count). The van der Waals surface area contributed by atoms with Crippen molar-refractivity contribution in [1.82, 2.24) is 10.2 Å². The first-order chi connectivity index (χ1) is 8.16. The number of nitrogens with one attached hydrogen (secondary N) is 1. The number of nitrogens with two attached hydrogens (primary N) is 1. The molecule has 88 valence electrons. The summed E-state index contributed by atoms with van der Waals surface area (Å²) in [5.74, 6) is 0. The molecule has 2 heterocycles. The highest BCUT2D eigenvalue weighted by atomic mass is 15.2. The number of hydrogen-bond donors (Lipinski definition) is 2. The molecule has 0 spiro atoms. The Bertz CT molecular complexity index is 551. The molecule has 0 saturated heterocycles. The average molecular weight is 228 g/mol. The Hall–Kier alpha value is -1.97. The lowest BCUT2D eigenvalue weighted by molar-refractivity contribution is 0.871. The van der Waals surface area contributed by atoms with Gasteiger partial charge in [-0.15, -0.1) is 0 Å². The normalized spacial score (nSPS) is 14.1. The van der Waals surface area contributed by atoms with Gasteiger partial charge >= 0.3 is 0 Å². The first-order valence-corrected chi connectivity index (χ1v) is 5.79. The van der Waals surface area contributed by atoms with Crippen molar-refractivity contribution in [3.63, 3.8) is 0 Å². The van der Waals surface area contributed by atoms with E-state index in [1.165, 1.54) is 16.8 Å². The minimum atomic E-state index is 0.878. The molecule has 0 atom stereocenters. The summed E-state index contributed by atoms with van der Waals surface area (Å²) in [5.41, 5.74) is 12.9. The lowest BCUT2D eigenvalue weighted by Gasteiger charge is -2.17. The first-order valence-electron chi connectivity index (χ1n) is 5.79. The number of fused-ring (bicyclic) bond motifs is 1. The average Bonchev–Trinajstić information content (AvgIpc) is 2.84. The van der Waals surface area contributed by atoms with Crippen LogP contribution in [0.4, 0.5) is 11.4 Å². The second-order valence-corrected chi connectivity index (χ2v) is 4.62. The van der Waals surface area contributed by atoms with Gasteiger partial charge in [0.25, 0.3) is 0 Å². The van der Waals surface area contributed by atoms with Gasteiger partial charge in [0.2, 0.25) is 0 Å². The largest absolute Gasteiger partial charge is 0.398 e. The van der Waals surface area contributed by atoms with Crippen LogP contribution in [0.5, 0.6) is 0 Å². The maximum atomic E-state index is 6.01. The van der Waals surface area contributed by atoms with Gasteiger partial charge in [0.15, 0.2) is 0 Å². The number of H-pyrrole nitrogens is 1. The van der Waals surface area contributed by atoms with E-state index in [0.717, 1.165) is 30.2 Å². The van der Waals surface area contributed by atoms with Crippen LogP contribution in [0, 0.1) is 13.8 Å². The zero-order chi connectivity index (χ0) is 12.0. The molecule has 2 aromatic rings. The van der Waals surface area contributed by atoms with E-state index in [1.807, 2.05) is 19.1 Å². The molecule has 1 aromatic heterocycles. The zero-order valence-corrected chi connectivity index (χ0v) is 10.1. The highest BCUT2D eigenvalue weighted by Crippen LogP contribution is 2.33. The van der Waals surface area contributed by atoms with Crippen LogP contribution in [0.15, 0.2) is 18.2 Å². The molecule has 0 amide bonds. The number of aromatic amines is 1. The zero-order valence-electron chi connectivity index (χ0n) is 10.1. The molecular formula is C13H16N4. The summed E-state index contributed by atoms with van der Waals surface area (Å²) in [4.78, 5) is 2.33. The minimum absolute atomic E-state index is 0.878. The van der Waals surface area contributed by atoms with Gasteiger partial charge in [-0.2, -0.15) is 5.10 Å². The molecule has 4 nitrogen and oxygen atoms in total. The summed E-state index contributed by atoms with van der Waals surface area (Å²) < 4.78 is 0. The Morgan fingerprint density at radius 3 is 2.76 bits per heavy atom. The molecule has 1 aliphatic heterocycles. The highest BCUT2D eigenvalue weighted by molar-refractivity contribution is 5.62. The Labute approximate surface area is 100 Å². The van der Waals surface area contributed by atoms with E-state index in [1.54, 1.807) is 0 Å². The Morgan fingerprint density at radius 2 is 2.12 bits per heavy atom. The van der Waals surface area contributed by atoms with E-state index >= 15 is 0 Å². The van der Waals surface area contributed by atoms with E-state index in [0.29, 0.717) is 0 Å². The fraction of sp³-hybridized carbons (Fsp3) is 0.308. The van der Waals surface area contributed by atoms with Gasteiger partial charge in [-0.25, -0.2) is 0 Å². The fourth-order valence-electron chi connectivity index (χ4n) is 2.62. The number of rotatable bonds is 1. The molecule has 0 aliphatic carbocycles. The third-order valence-corrected chi connectivity index (χ3v) is 3.42. The number of nitrogen functional groups attached to an aromatic ring is 1. The van der Waals surface area contributed by atoms with Crippen molar-refractivity contribution in [2.24, 2.45) is 0 Å². The summed E-state index contributed by atoms with van der Waals surface area (Å²) in [6.07, 6.45) is 0. The van der Waals surface area contributed by atoms with Crippen LogP contribution in [0.2, 0.25) is 0 Å². The third kappa shape index (κ3) is 1.48. The second kappa shape index (κ2) is 3.52. The Balaban J connectivity index is 2.00. The number of aryl methyl sites for hydroxylation is 2. The quantitative estimate of drug-likeness (QED) is 0.735. The Kier molecular flexibility index (Phi) is 2.11. The topological polar surface area (TPSA) is 57.9 Å². The van der Waals surface area contributed by atoms with Crippen molar-refractivity contribution < 1.29 is 0 Å². The molecule has 0 unspecified atom stereocenters. The molecule has 4 heteroatoms. The van der Waals surface area contributed by atoms with Crippen LogP contribution in [-0.4, -0.2) is 10.2 Å².